The maximum Gasteiger partial charge on any atom is 0.328 e. The smallest absolute Gasteiger partial charge is 0.328 e. The van der Waals surface area contributed by atoms with Crippen LogP contribution in [0.15, 0.2) is 97.2 Å². The number of carbonyl (C=O) groups is 2. The third-order valence-corrected chi connectivity index (χ3v) is 6.89. The Morgan fingerprint density at radius 2 is 1.65 bits per heavy atom. The molecular weight excluding hydrogens is 526 g/mol. The molecule has 0 saturated heterocycles. The van der Waals surface area contributed by atoms with E-state index in [1.54, 1.807) is 18.3 Å². The van der Waals surface area contributed by atoms with E-state index in [4.69, 9.17) is 26.1 Å². The van der Waals surface area contributed by atoms with E-state index in [1.165, 1.54) is 7.11 Å². The number of pyridine rings is 1. The van der Waals surface area contributed by atoms with Gasteiger partial charge in [-0.2, -0.15) is 0 Å². The number of rotatable bonds is 9. The first-order chi connectivity index (χ1) is 19.4. The monoisotopic (exact) mass is 553 g/mol. The van der Waals surface area contributed by atoms with Crippen LogP contribution in [0, 0.1) is 6.92 Å². The molecular formula is C32H28ClN3O4. The van der Waals surface area contributed by atoms with Crippen LogP contribution in [0.5, 0.6) is 5.75 Å². The molecule has 0 aliphatic rings. The number of ether oxygens (including phenoxy) is 2. The van der Waals surface area contributed by atoms with Crippen molar-refractivity contribution in [1.29, 1.82) is 0 Å². The first-order valence-electron chi connectivity index (χ1n) is 12.8. The van der Waals surface area contributed by atoms with Crippen molar-refractivity contribution in [3.8, 4) is 17.0 Å². The summed E-state index contributed by atoms with van der Waals surface area (Å²) >= 11 is 6.03. The summed E-state index contributed by atoms with van der Waals surface area (Å²) in [4.78, 5) is 30.5. The lowest BCUT2D eigenvalue weighted by atomic mass is 10.1. The Balaban J connectivity index is 1.29. The molecule has 0 bridgehead atoms. The Hall–Kier alpha value is -4.62. The lowest BCUT2D eigenvalue weighted by Gasteiger charge is -2.17. The number of amides is 1. The molecule has 2 aromatic heterocycles. The molecule has 0 aliphatic heterocycles. The van der Waals surface area contributed by atoms with E-state index in [0.717, 1.165) is 28.1 Å². The Kier molecular flexibility index (Phi) is 8.12. The molecule has 8 heteroatoms. The van der Waals surface area contributed by atoms with Gasteiger partial charge in [-0.3, -0.25) is 4.79 Å². The van der Waals surface area contributed by atoms with E-state index < -0.39 is 12.0 Å². The number of esters is 1. The minimum absolute atomic E-state index is 0.268. The largest absolute Gasteiger partial charge is 0.489 e. The second kappa shape index (κ2) is 12.1. The third kappa shape index (κ3) is 6.16. The van der Waals surface area contributed by atoms with Gasteiger partial charge in [-0.1, -0.05) is 66.2 Å². The zero-order valence-electron chi connectivity index (χ0n) is 22.1. The van der Waals surface area contributed by atoms with E-state index in [2.05, 4.69) is 5.32 Å². The number of nitrogens with zero attached hydrogens (tertiary/aromatic N) is 2. The zero-order valence-corrected chi connectivity index (χ0v) is 22.9. The van der Waals surface area contributed by atoms with Crippen molar-refractivity contribution in [2.75, 3.05) is 7.11 Å². The number of hydrogen-bond acceptors (Lipinski definition) is 5. The summed E-state index contributed by atoms with van der Waals surface area (Å²) in [5.41, 5.74) is 5.65. The number of carbonyl (C=O) groups excluding carboxylic acids is 2. The van der Waals surface area contributed by atoms with Crippen LogP contribution in [-0.4, -0.2) is 34.4 Å². The summed E-state index contributed by atoms with van der Waals surface area (Å²) < 4.78 is 12.7. The van der Waals surface area contributed by atoms with Gasteiger partial charge in [0.2, 0.25) is 0 Å². The molecule has 0 fully saturated rings. The number of imidazole rings is 1. The minimum Gasteiger partial charge on any atom is -0.489 e. The summed E-state index contributed by atoms with van der Waals surface area (Å²) in [6, 6.07) is 27.4. The molecule has 3 aromatic carbocycles. The molecule has 202 valence electrons. The fraction of sp³-hybridized carbons (Fsp3) is 0.156. The molecule has 0 aliphatic carbocycles. The molecule has 2 heterocycles. The van der Waals surface area contributed by atoms with Gasteiger partial charge in [0.15, 0.2) is 0 Å². The summed E-state index contributed by atoms with van der Waals surface area (Å²) in [7, 11) is 1.31. The lowest BCUT2D eigenvalue weighted by molar-refractivity contribution is -0.142. The molecule has 0 radical (unpaired) electrons. The maximum absolute atomic E-state index is 13.2. The van der Waals surface area contributed by atoms with Crippen molar-refractivity contribution in [2.45, 2.75) is 26.0 Å². The van der Waals surface area contributed by atoms with Gasteiger partial charge in [0.1, 0.15) is 24.0 Å². The number of methoxy groups -OCH3 is 1. The number of halogens is 1. The number of aryl methyl sites for hydroxylation is 1. The third-order valence-electron chi connectivity index (χ3n) is 6.64. The van der Waals surface area contributed by atoms with E-state index >= 15 is 0 Å². The summed E-state index contributed by atoms with van der Waals surface area (Å²) in [5, 5.41) is 3.48. The molecule has 5 rings (SSSR count). The highest BCUT2D eigenvalue weighted by molar-refractivity contribution is 6.30. The molecule has 0 spiro atoms. The second-order valence-electron chi connectivity index (χ2n) is 9.37. The Morgan fingerprint density at radius 1 is 0.925 bits per heavy atom. The maximum atomic E-state index is 13.2. The van der Waals surface area contributed by atoms with Crippen LogP contribution in [0.4, 0.5) is 0 Å². The summed E-state index contributed by atoms with van der Waals surface area (Å²) in [5.74, 6) is -0.197. The number of hydrogen-bond donors (Lipinski definition) is 1. The summed E-state index contributed by atoms with van der Waals surface area (Å²) in [6.07, 6.45) is 1.99. The number of benzene rings is 3. The van der Waals surface area contributed by atoms with Crippen molar-refractivity contribution >= 4 is 29.1 Å². The lowest BCUT2D eigenvalue weighted by Crippen LogP contribution is -2.43. The van der Waals surface area contributed by atoms with Crippen LogP contribution >= 0.6 is 11.6 Å². The van der Waals surface area contributed by atoms with E-state index in [9.17, 15) is 9.59 Å². The fourth-order valence-electron chi connectivity index (χ4n) is 4.45. The van der Waals surface area contributed by atoms with Crippen molar-refractivity contribution in [3.05, 3.63) is 125 Å². The highest BCUT2D eigenvalue weighted by Crippen LogP contribution is 2.25. The molecule has 5 aromatic rings. The topological polar surface area (TPSA) is 81.9 Å². The molecule has 1 unspecified atom stereocenters. The average molecular weight is 554 g/mol. The van der Waals surface area contributed by atoms with Crippen molar-refractivity contribution < 1.29 is 19.1 Å². The highest BCUT2D eigenvalue weighted by Gasteiger charge is 2.23. The number of fused-ring (bicyclic) bond motifs is 1. The van der Waals surface area contributed by atoms with Gasteiger partial charge < -0.3 is 19.2 Å². The van der Waals surface area contributed by atoms with Gasteiger partial charge in [-0.25, -0.2) is 9.78 Å². The average Bonchev–Trinajstić information content (AvgIpc) is 3.32. The van der Waals surface area contributed by atoms with Crippen molar-refractivity contribution in [2.24, 2.45) is 0 Å². The first kappa shape index (κ1) is 27.0. The molecule has 7 nitrogen and oxygen atoms in total. The standard InChI is InChI=1S/C32H28ClN3O4/c1-21-30(24-10-13-26(33)14-11-24)35-29-17-12-25(19-36(21)29)31(37)34-28(32(38)39-2)18-22-8-15-27(16-9-22)40-20-23-6-4-3-5-7-23/h3-17,19,28H,18,20H2,1-2H3,(H,34,37). The fourth-order valence-corrected chi connectivity index (χ4v) is 4.58. The van der Waals surface area contributed by atoms with E-state index in [0.29, 0.717) is 28.6 Å². The van der Waals surface area contributed by atoms with Crippen LogP contribution in [0.25, 0.3) is 16.9 Å². The quantitative estimate of drug-likeness (QED) is 0.224. The van der Waals surface area contributed by atoms with Crippen LogP contribution in [0.3, 0.4) is 0 Å². The predicted octanol–water partition coefficient (Wildman–Crippen LogP) is 6.06. The normalized spacial score (nSPS) is 11.7. The molecule has 1 amide bonds. The van der Waals surface area contributed by atoms with Crippen LogP contribution in [0.1, 0.15) is 27.2 Å². The van der Waals surface area contributed by atoms with Crippen LogP contribution < -0.4 is 10.1 Å². The zero-order chi connectivity index (χ0) is 28.1. The van der Waals surface area contributed by atoms with Gasteiger partial charge in [0, 0.05) is 28.9 Å². The number of nitrogens with one attached hydrogen (secondary N) is 1. The van der Waals surface area contributed by atoms with Crippen molar-refractivity contribution in [3.63, 3.8) is 0 Å². The molecule has 1 atom stereocenters. The first-order valence-corrected chi connectivity index (χ1v) is 13.2. The predicted molar refractivity (Wildman–Crippen MR) is 155 cm³/mol. The minimum atomic E-state index is -0.863. The highest BCUT2D eigenvalue weighted by atomic mass is 35.5. The van der Waals surface area contributed by atoms with Gasteiger partial charge in [-0.05, 0) is 54.4 Å². The molecule has 1 N–H and O–H groups in total. The molecule has 0 saturated carbocycles. The van der Waals surface area contributed by atoms with Gasteiger partial charge >= 0.3 is 5.97 Å². The summed E-state index contributed by atoms with van der Waals surface area (Å²) in [6.45, 7) is 2.40. The second-order valence-corrected chi connectivity index (χ2v) is 9.81. The van der Waals surface area contributed by atoms with E-state index in [1.807, 2.05) is 90.2 Å². The van der Waals surface area contributed by atoms with Crippen molar-refractivity contribution in [1.82, 2.24) is 14.7 Å². The Morgan fingerprint density at radius 3 is 2.35 bits per heavy atom. The Labute approximate surface area is 237 Å². The van der Waals surface area contributed by atoms with Gasteiger partial charge in [-0.15, -0.1) is 0 Å². The van der Waals surface area contributed by atoms with E-state index in [-0.39, 0.29) is 12.3 Å². The molecule has 40 heavy (non-hydrogen) atoms. The Bertz CT molecular complexity index is 1630. The van der Waals surface area contributed by atoms with Crippen LogP contribution in [-0.2, 0) is 22.6 Å². The van der Waals surface area contributed by atoms with Crippen LogP contribution in [0.2, 0.25) is 5.02 Å². The SMILES string of the molecule is COC(=O)C(Cc1ccc(OCc2ccccc2)cc1)NC(=O)c1ccc2nc(-c3ccc(Cl)cc3)c(C)n2c1. The van der Waals surface area contributed by atoms with Gasteiger partial charge in [0.05, 0.1) is 18.4 Å². The van der Waals surface area contributed by atoms with Gasteiger partial charge in [0.25, 0.3) is 5.91 Å². The number of aromatic nitrogens is 2.